The molecule has 0 radical (unpaired) electrons. The third kappa shape index (κ3) is 1.89. The lowest BCUT2D eigenvalue weighted by Crippen LogP contribution is -2.07. The monoisotopic (exact) mass is 195 g/mol. The van der Waals surface area contributed by atoms with Gasteiger partial charge in [0, 0.05) is 0 Å². The topological polar surface area (TPSA) is 42.2 Å². The lowest BCUT2D eigenvalue weighted by Gasteiger charge is -2.06. The van der Waals surface area contributed by atoms with Crippen LogP contribution in [0.5, 0.6) is 0 Å². The Kier molecular flexibility index (Phi) is 2.60. The van der Waals surface area contributed by atoms with Crippen LogP contribution in [0.1, 0.15) is 17.6 Å². The van der Waals surface area contributed by atoms with E-state index in [2.05, 4.69) is 6.07 Å². The Bertz CT molecular complexity index is 304. The van der Waals surface area contributed by atoms with Crippen LogP contribution in [-0.4, -0.2) is 12.7 Å². The molecule has 1 aliphatic rings. The van der Waals surface area contributed by atoms with Crippen LogP contribution >= 0.6 is 11.3 Å². The smallest absolute Gasteiger partial charge is 0.193 e. The first-order chi connectivity index (χ1) is 6.40. The molecule has 4 heteroatoms. The fourth-order valence-electron chi connectivity index (χ4n) is 1.23. The Morgan fingerprint density at radius 2 is 2.62 bits per heavy atom. The molecule has 1 aliphatic heterocycles. The van der Waals surface area contributed by atoms with Crippen molar-refractivity contribution in [3.8, 4) is 6.07 Å². The van der Waals surface area contributed by atoms with Crippen LogP contribution in [0.3, 0.4) is 0 Å². The Labute approximate surface area is 80.5 Å². The van der Waals surface area contributed by atoms with Gasteiger partial charge in [-0.25, -0.2) is 0 Å². The fraction of sp³-hybridized carbons (Fsp3) is 0.444. The van der Waals surface area contributed by atoms with E-state index in [-0.39, 0.29) is 12.4 Å². The van der Waals surface area contributed by atoms with Crippen molar-refractivity contribution in [1.82, 2.24) is 0 Å². The van der Waals surface area contributed by atoms with E-state index in [1.54, 1.807) is 11.3 Å². The maximum atomic E-state index is 8.46. The number of rotatable bonds is 2. The van der Waals surface area contributed by atoms with Crippen molar-refractivity contribution in [2.75, 3.05) is 6.61 Å². The molecule has 2 rings (SSSR count). The van der Waals surface area contributed by atoms with Gasteiger partial charge in [0.2, 0.25) is 0 Å². The molecular formula is C9H9NO2S. The average Bonchev–Trinajstić information content (AvgIpc) is 2.70. The molecule has 0 aliphatic carbocycles. The second-order valence-corrected chi connectivity index (χ2v) is 3.78. The lowest BCUT2D eigenvalue weighted by molar-refractivity contribution is -0.0566. The molecule has 1 saturated heterocycles. The van der Waals surface area contributed by atoms with E-state index in [9.17, 15) is 0 Å². The summed E-state index contributed by atoms with van der Waals surface area (Å²) >= 11 is 1.61. The molecular weight excluding hydrogens is 186 g/mol. The first-order valence-corrected chi connectivity index (χ1v) is 4.95. The molecule has 1 aromatic heterocycles. The third-order valence-corrected chi connectivity index (χ3v) is 2.74. The highest BCUT2D eigenvalue weighted by Crippen LogP contribution is 2.30. The molecule has 2 heterocycles. The largest absolute Gasteiger partial charge is 0.345 e. The summed E-state index contributed by atoms with van der Waals surface area (Å²) in [6, 6.07) is 6.01. The van der Waals surface area contributed by atoms with Gasteiger partial charge in [0.05, 0.1) is 30.1 Å². The van der Waals surface area contributed by atoms with Crippen molar-refractivity contribution in [3.05, 3.63) is 22.4 Å². The Morgan fingerprint density at radius 1 is 1.69 bits per heavy atom. The summed E-state index contributed by atoms with van der Waals surface area (Å²) in [5, 5.41) is 10.4. The first kappa shape index (κ1) is 8.70. The molecule has 2 atom stereocenters. The van der Waals surface area contributed by atoms with Crippen molar-refractivity contribution >= 4 is 11.3 Å². The molecule has 3 nitrogen and oxygen atoms in total. The highest BCUT2D eigenvalue weighted by Gasteiger charge is 2.27. The van der Waals surface area contributed by atoms with E-state index in [4.69, 9.17) is 14.7 Å². The van der Waals surface area contributed by atoms with Gasteiger partial charge in [-0.1, -0.05) is 6.07 Å². The van der Waals surface area contributed by atoms with Crippen LogP contribution in [0, 0.1) is 11.3 Å². The van der Waals surface area contributed by atoms with Gasteiger partial charge >= 0.3 is 0 Å². The van der Waals surface area contributed by atoms with Gasteiger partial charge in [-0.05, 0) is 11.4 Å². The summed E-state index contributed by atoms with van der Waals surface area (Å²) in [6.45, 7) is 0.524. The molecule has 1 aromatic rings. The second kappa shape index (κ2) is 3.88. The normalized spacial score (nSPS) is 27.3. The quantitative estimate of drug-likeness (QED) is 0.725. The summed E-state index contributed by atoms with van der Waals surface area (Å²) in [5.41, 5.74) is 0. The van der Waals surface area contributed by atoms with E-state index in [1.807, 2.05) is 17.5 Å². The summed E-state index contributed by atoms with van der Waals surface area (Å²) in [4.78, 5) is 1.07. The van der Waals surface area contributed by atoms with Crippen LogP contribution in [-0.2, 0) is 9.47 Å². The molecule has 0 N–H and O–H groups in total. The van der Waals surface area contributed by atoms with Gasteiger partial charge in [-0.2, -0.15) is 5.26 Å². The van der Waals surface area contributed by atoms with Crippen molar-refractivity contribution in [2.24, 2.45) is 0 Å². The predicted molar refractivity (Wildman–Crippen MR) is 48.1 cm³/mol. The van der Waals surface area contributed by atoms with Crippen LogP contribution in [0.4, 0.5) is 0 Å². The Morgan fingerprint density at radius 3 is 3.31 bits per heavy atom. The number of nitrogens with zero attached hydrogens (tertiary/aromatic N) is 1. The van der Waals surface area contributed by atoms with E-state index in [0.29, 0.717) is 13.0 Å². The van der Waals surface area contributed by atoms with E-state index >= 15 is 0 Å². The van der Waals surface area contributed by atoms with Gasteiger partial charge in [0.25, 0.3) is 0 Å². The maximum Gasteiger partial charge on any atom is 0.193 e. The highest BCUT2D eigenvalue weighted by molar-refractivity contribution is 7.10. The van der Waals surface area contributed by atoms with Gasteiger partial charge in [-0.15, -0.1) is 11.3 Å². The first-order valence-electron chi connectivity index (χ1n) is 4.07. The van der Waals surface area contributed by atoms with Crippen molar-refractivity contribution in [2.45, 2.75) is 18.8 Å². The summed E-state index contributed by atoms with van der Waals surface area (Å²) in [7, 11) is 0. The zero-order valence-electron chi connectivity index (χ0n) is 6.97. The van der Waals surface area contributed by atoms with Gasteiger partial charge in [0.15, 0.2) is 6.29 Å². The number of hydrogen-bond donors (Lipinski definition) is 0. The lowest BCUT2D eigenvalue weighted by atomic mass is 10.3. The molecule has 0 spiro atoms. The second-order valence-electron chi connectivity index (χ2n) is 2.80. The molecule has 13 heavy (non-hydrogen) atoms. The number of thiophene rings is 1. The minimum absolute atomic E-state index is 0.0582. The molecule has 0 bridgehead atoms. The number of hydrogen-bond acceptors (Lipinski definition) is 4. The molecule has 2 unspecified atom stereocenters. The minimum atomic E-state index is -0.252. The SMILES string of the molecule is N#CCC1COC(c2cccs2)O1. The summed E-state index contributed by atoms with van der Waals surface area (Å²) < 4.78 is 10.9. The standard InChI is InChI=1S/C9H9NO2S/c10-4-3-7-6-11-9(12-7)8-2-1-5-13-8/h1-2,5,7,9H,3,6H2. The highest BCUT2D eigenvalue weighted by atomic mass is 32.1. The number of nitriles is 1. The van der Waals surface area contributed by atoms with Gasteiger partial charge < -0.3 is 9.47 Å². The van der Waals surface area contributed by atoms with E-state index in [1.165, 1.54) is 0 Å². The van der Waals surface area contributed by atoms with Crippen molar-refractivity contribution < 1.29 is 9.47 Å². The average molecular weight is 195 g/mol. The minimum Gasteiger partial charge on any atom is -0.345 e. The fourth-order valence-corrected chi connectivity index (χ4v) is 1.94. The maximum absolute atomic E-state index is 8.46. The third-order valence-electron chi connectivity index (χ3n) is 1.84. The summed E-state index contributed by atoms with van der Waals surface area (Å²) in [5.74, 6) is 0. The summed E-state index contributed by atoms with van der Waals surface area (Å²) in [6.07, 6.45) is 0.0949. The van der Waals surface area contributed by atoms with E-state index in [0.717, 1.165) is 4.88 Å². The van der Waals surface area contributed by atoms with Gasteiger partial charge in [-0.3, -0.25) is 0 Å². The van der Waals surface area contributed by atoms with Crippen LogP contribution in [0.25, 0.3) is 0 Å². The Hall–Kier alpha value is -0.890. The van der Waals surface area contributed by atoms with Crippen LogP contribution in [0.15, 0.2) is 17.5 Å². The molecule has 1 fully saturated rings. The van der Waals surface area contributed by atoms with Crippen molar-refractivity contribution in [1.29, 1.82) is 5.26 Å². The molecule has 0 saturated carbocycles. The van der Waals surface area contributed by atoms with Crippen LogP contribution < -0.4 is 0 Å². The van der Waals surface area contributed by atoms with Crippen molar-refractivity contribution in [3.63, 3.8) is 0 Å². The Balaban J connectivity index is 1.96. The number of ether oxygens (including phenoxy) is 2. The zero-order valence-corrected chi connectivity index (χ0v) is 7.79. The van der Waals surface area contributed by atoms with Crippen LogP contribution in [0.2, 0.25) is 0 Å². The zero-order chi connectivity index (χ0) is 9.10. The molecule has 0 amide bonds. The van der Waals surface area contributed by atoms with E-state index < -0.39 is 0 Å². The molecule has 68 valence electrons. The predicted octanol–water partition coefficient (Wildman–Crippen LogP) is 2.08. The molecule has 0 aromatic carbocycles. The van der Waals surface area contributed by atoms with Gasteiger partial charge in [0.1, 0.15) is 0 Å².